The number of hydrogen-bond acceptors (Lipinski definition) is 5. The molecule has 124 valence electrons. The van der Waals surface area contributed by atoms with Crippen molar-refractivity contribution < 1.29 is 24.2 Å². The number of carbonyl (C=O) groups excluding carboxylic acids is 2. The van der Waals surface area contributed by atoms with E-state index in [1.807, 2.05) is 52.9 Å². The van der Waals surface area contributed by atoms with Gasteiger partial charge in [0.25, 0.3) is 0 Å². The molecule has 2 aromatic carbocycles. The van der Waals surface area contributed by atoms with Gasteiger partial charge in [-0.25, -0.2) is 9.59 Å². The Morgan fingerprint density at radius 3 is 2.75 bits per heavy atom. The number of amides is 1. The Balaban J connectivity index is 1.74. The van der Waals surface area contributed by atoms with E-state index in [4.69, 9.17) is 9.47 Å². The minimum atomic E-state index is -0.873. The summed E-state index contributed by atoms with van der Waals surface area (Å²) in [6.45, 7) is -0.0429. The Morgan fingerprint density at radius 1 is 1.29 bits per heavy atom. The van der Waals surface area contributed by atoms with E-state index in [0.717, 1.165) is 5.56 Å². The van der Waals surface area contributed by atoms with Crippen molar-refractivity contribution in [3.05, 3.63) is 63.2 Å². The Morgan fingerprint density at radius 2 is 2.04 bits per heavy atom. The molecule has 1 amide bonds. The Kier molecular flexibility index (Phi) is 4.89. The van der Waals surface area contributed by atoms with Gasteiger partial charge in [0.1, 0.15) is 12.4 Å². The number of rotatable bonds is 3. The minimum absolute atomic E-state index is 0.115. The first kappa shape index (κ1) is 16.6. The number of ether oxygens (including phenoxy) is 2. The van der Waals surface area contributed by atoms with Crippen molar-refractivity contribution in [2.45, 2.75) is 12.6 Å². The zero-order chi connectivity index (χ0) is 17.1. The normalized spacial score (nSPS) is 16.8. The Labute approximate surface area is 152 Å². The first-order valence-electron chi connectivity index (χ1n) is 7.18. The molecule has 0 bridgehead atoms. The number of benzene rings is 2. The molecule has 0 spiro atoms. The van der Waals surface area contributed by atoms with E-state index in [0.29, 0.717) is 9.13 Å². The minimum Gasteiger partial charge on any atom is -0.507 e. The lowest BCUT2D eigenvalue weighted by Gasteiger charge is -2.20. The highest BCUT2D eigenvalue weighted by molar-refractivity contribution is 14.1. The average Bonchev–Trinajstić information content (AvgIpc) is 2.98. The highest BCUT2D eigenvalue weighted by atomic mass is 127. The maximum atomic E-state index is 12.3. The van der Waals surface area contributed by atoms with E-state index >= 15 is 0 Å². The fraction of sp³-hybridized carbons (Fsp3) is 0.176. The molecule has 0 saturated carbocycles. The summed E-state index contributed by atoms with van der Waals surface area (Å²) in [4.78, 5) is 25.6. The van der Waals surface area contributed by atoms with Crippen LogP contribution in [0.3, 0.4) is 0 Å². The van der Waals surface area contributed by atoms with Gasteiger partial charge in [-0.15, -0.1) is 0 Å². The Bertz CT molecular complexity index is 765. The molecule has 1 fully saturated rings. The van der Waals surface area contributed by atoms with Gasteiger partial charge in [0.15, 0.2) is 12.8 Å². The largest absolute Gasteiger partial charge is 0.507 e. The summed E-state index contributed by atoms with van der Waals surface area (Å²) >= 11 is 1.96. The van der Waals surface area contributed by atoms with E-state index in [2.05, 4.69) is 0 Å². The van der Waals surface area contributed by atoms with Gasteiger partial charge in [-0.2, -0.15) is 0 Å². The molecule has 1 aliphatic heterocycles. The predicted octanol–water partition coefficient (Wildman–Crippen LogP) is 3.19. The van der Waals surface area contributed by atoms with Crippen molar-refractivity contribution in [2.75, 3.05) is 6.73 Å². The maximum absolute atomic E-state index is 12.3. The first-order chi connectivity index (χ1) is 11.6. The van der Waals surface area contributed by atoms with Crippen molar-refractivity contribution in [1.82, 2.24) is 4.90 Å². The number of halogens is 1. The number of nitrogens with zero attached hydrogens (tertiary/aromatic N) is 1. The number of hydrogen-bond donors (Lipinski definition) is 1. The third kappa shape index (κ3) is 3.45. The molecular weight excluding hydrogens is 425 g/mol. The molecule has 0 radical (unpaired) electrons. The van der Waals surface area contributed by atoms with Crippen molar-refractivity contribution in [3.8, 4) is 5.75 Å². The van der Waals surface area contributed by atoms with Crippen LogP contribution in [0.1, 0.15) is 17.2 Å². The molecule has 1 atom stereocenters. The van der Waals surface area contributed by atoms with Crippen molar-refractivity contribution in [1.29, 1.82) is 0 Å². The van der Waals surface area contributed by atoms with Crippen molar-refractivity contribution >= 4 is 34.7 Å². The van der Waals surface area contributed by atoms with Gasteiger partial charge in [-0.1, -0.05) is 36.4 Å². The van der Waals surface area contributed by atoms with Crippen LogP contribution in [-0.2, 0) is 20.9 Å². The molecule has 1 unspecified atom stereocenters. The monoisotopic (exact) mass is 439 g/mol. The molecule has 24 heavy (non-hydrogen) atoms. The fourth-order valence-electron chi connectivity index (χ4n) is 2.38. The van der Waals surface area contributed by atoms with E-state index in [-0.39, 0.29) is 19.1 Å². The number of phenols is 1. The molecule has 0 aromatic heterocycles. The second-order valence-electron chi connectivity index (χ2n) is 5.22. The van der Waals surface area contributed by atoms with Crippen LogP contribution in [-0.4, -0.2) is 28.8 Å². The summed E-state index contributed by atoms with van der Waals surface area (Å²) in [7, 11) is 0. The SMILES string of the molecule is O=C1OCN(C(=O)OCc2ccccc2)C1c1ccc(O)c(I)c1. The lowest BCUT2D eigenvalue weighted by atomic mass is 10.1. The van der Waals surface area contributed by atoms with Gasteiger partial charge < -0.3 is 14.6 Å². The quantitative estimate of drug-likeness (QED) is 0.588. The van der Waals surface area contributed by atoms with Crippen LogP contribution in [0.5, 0.6) is 5.75 Å². The number of aromatic hydroxyl groups is 1. The Hall–Kier alpha value is -2.29. The lowest BCUT2D eigenvalue weighted by molar-refractivity contribution is -0.139. The van der Waals surface area contributed by atoms with Gasteiger partial charge in [-0.3, -0.25) is 4.90 Å². The van der Waals surface area contributed by atoms with E-state index < -0.39 is 18.1 Å². The summed E-state index contributed by atoms with van der Waals surface area (Å²) in [6.07, 6.45) is -0.627. The smallest absolute Gasteiger partial charge is 0.413 e. The lowest BCUT2D eigenvalue weighted by Crippen LogP contribution is -2.32. The zero-order valence-electron chi connectivity index (χ0n) is 12.5. The zero-order valence-corrected chi connectivity index (χ0v) is 14.7. The molecular formula is C17H14INO5. The van der Waals surface area contributed by atoms with Gasteiger partial charge in [0.2, 0.25) is 0 Å². The number of cyclic esters (lactones) is 1. The maximum Gasteiger partial charge on any atom is 0.413 e. The number of esters is 1. The highest BCUT2D eigenvalue weighted by Gasteiger charge is 2.40. The molecule has 6 nitrogen and oxygen atoms in total. The molecule has 7 heteroatoms. The standard InChI is InChI=1S/C17H14INO5/c18-13-8-12(6-7-14(13)20)15-16(21)24-10-19(15)17(22)23-9-11-4-2-1-3-5-11/h1-8,15,20H,9-10H2. The fourth-order valence-corrected chi connectivity index (χ4v) is 2.92. The summed E-state index contributed by atoms with van der Waals surface area (Å²) in [5.41, 5.74) is 1.42. The van der Waals surface area contributed by atoms with E-state index in [1.54, 1.807) is 12.1 Å². The highest BCUT2D eigenvalue weighted by Crippen LogP contribution is 2.31. The summed E-state index contributed by atoms with van der Waals surface area (Å²) in [6, 6.07) is 13.1. The number of phenolic OH excluding ortho intramolecular Hbond substituents is 1. The molecule has 0 aliphatic carbocycles. The van der Waals surface area contributed by atoms with Crippen molar-refractivity contribution in [2.24, 2.45) is 0 Å². The van der Waals surface area contributed by atoms with E-state index in [1.165, 1.54) is 11.0 Å². The summed E-state index contributed by atoms with van der Waals surface area (Å²) < 4.78 is 10.9. The van der Waals surface area contributed by atoms with Crippen LogP contribution in [0.4, 0.5) is 4.79 Å². The average molecular weight is 439 g/mol. The van der Waals surface area contributed by atoms with Gasteiger partial charge in [0, 0.05) is 0 Å². The second kappa shape index (κ2) is 7.08. The topological polar surface area (TPSA) is 76.1 Å². The van der Waals surface area contributed by atoms with Gasteiger partial charge in [0.05, 0.1) is 3.57 Å². The molecule has 1 heterocycles. The van der Waals surface area contributed by atoms with Crippen LogP contribution in [0.25, 0.3) is 0 Å². The van der Waals surface area contributed by atoms with Crippen LogP contribution in [0.2, 0.25) is 0 Å². The van der Waals surface area contributed by atoms with Crippen LogP contribution in [0, 0.1) is 3.57 Å². The first-order valence-corrected chi connectivity index (χ1v) is 8.26. The van der Waals surface area contributed by atoms with E-state index in [9.17, 15) is 14.7 Å². The van der Waals surface area contributed by atoms with Crippen LogP contribution >= 0.6 is 22.6 Å². The van der Waals surface area contributed by atoms with Crippen LogP contribution in [0.15, 0.2) is 48.5 Å². The third-order valence-corrected chi connectivity index (χ3v) is 4.47. The van der Waals surface area contributed by atoms with Gasteiger partial charge in [-0.05, 0) is 45.9 Å². The molecule has 3 rings (SSSR count). The second-order valence-corrected chi connectivity index (χ2v) is 6.38. The molecule has 1 N–H and O–H groups in total. The summed E-state index contributed by atoms with van der Waals surface area (Å²) in [5, 5.41) is 9.61. The summed E-state index contributed by atoms with van der Waals surface area (Å²) in [5.74, 6) is -0.405. The van der Waals surface area contributed by atoms with Crippen LogP contribution < -0.4 is 0 Å². The number of carbonyl (C=O) groups is 2. The molecule has 2 aromatic rings. The third-order valence-electron chi connectivity index (χ3n) is 3.61. The predicted molar refractivity (Wildman–Crippen MR) is 93.0 cm³/mol. The molecule has 1 saturated heterocycles. The molecule has 1 aliphatic rings. The van der Waals surface area contributed by atoms with Crippen molar-refractivity contribution in [3.63, 3.8) is 0 Å². The van der Waals surface area contributed by atoms with Gasteiger partial charge >= 0.3 is 12.1 Å².